The monoisotopic (exact) mass is 223 g/mol. The third kappa shape index (κ3) is 2.10. The first-order valence-electron chi connectivity index (χ1n) is 4.93. The number of ether oxygens (including phenoxy) is 1. The van der Waals surface area contributed by atoms with Gasteiger partial charge < -0.3 is 20.1 Å². The fraction of sp³-hybridized carbons (Fsp3) is 0.444. The van der Waals surface area contributed by atoms with E-state index < -0.39 is 0 Å². The summed E-state index contributed by atoms with van der Waals surface area (Å²) < 4.78 is 7.00. The normalized spacial score (nSPS) is 11.1. The van der Waals surface area contributed by atoms with E-state index in [0.717, 1.165) is 0 Å². The predicted octanol–water partition coefficient (Wildman–Crippen LogP) is -0.583. The zero-order valence-corrected chi connectivity index (χ0v) is 8.70. The van der Waals surface area contributed by atoms with Gasteiger partial charge in [0.1, 0.15) is 11.8 Å². The van der Waals surface area contributed by atoms with Crippen molar-refractivity contribution in [2.75, 3.05) is 25.6 Å². The Balaban J connectivity index is 2.10. The van der Waals surface area contributed by atoms with Gasteiger partial charge in [0.15, 0.2) is 11.5 Å². The quantitative estimate of drug-likeness (QED) is 0.658. The third-order valence-electron chi connectivity index (χ3n) is 2.14. The molecule has 0 fully saturated rings. The van der Waals surface area contributed by atoms with Gasteiger partial charge in [0.25, 0.3) is 0 Å². The molecule has 2 heterocycles. The molecule has 2 aromatic heterocycles. The van der Waals surface area contributed by atoms with Crippen molar-refractivity contribution in [3.63, 3.8) is 0 Å². The minimum Gasteiger partial charge on any atom is -0.394 e. The Morgan fingerprint density at radius 3 is 3.00 bits per heavy atom. The van der Waals surface area contributed by atoms with Gasteiger partial charge in [0.2, 0.25) is 0 Å². The van der Waals surface area contributed by atoms with Gasteiger partial charge in [-0.15, -0.1) is 0 Å². The van der Waals surface area contributed by atoms with Crippen LogP contribution in [0.5, 0.6) is 0 Å². The number of nitrogen functional groups attached to an aromatic ring is 1. The Morgan fingerprint density at radius 1 is 1.31 bits per heavy atom. The van der Waals surface area contributed by atoms with Crippen LogP contribution in [0.2, 0.25) is 0 Å². The topological polar surface area (TPSA) is 99.1 Å². The molecule has 0 aliphatic carbocycles. The molecule has 0 unspecified atom stereocenters. The van der Waals surface area contributed by atoms with E-state index in [1.54, 1.807) is 6.33 Å². The summed E-state index contributed by atoms with van der Waals surface area (Å²) in [4.78, 5) is 12.1. The number of hydrogen-bond donors (Lipinski definition) is 2. The average molecular weight is 223 g/mol. The van der Waals surface area contributed by atoms with Gasteiger partial charge in [-0.2, -0.15) is 0 Å². The summed E-state index contributed by atoms with van der Waals surface area (Å²) in [5.74, 6) is 0.375. The van der Waals surface area contributed by atoms with Crippen molar-refractivity contribution >= 4 is 17.0 Å². The molecule has 0 radical (unpaired) electrons. The molecule has 3 N–H and O–H groups in total. The predicted molar refractivity (Wildman–Crippen MR) is 57.6 cm³/mol. The lowest BCUT2D eigenvalue weighted by atomic mass is 10.5. The summed E-state index contributed by atoms with van der Waals surface area (Å²) in [6.07, 6.45) is 3.06. The molecule has 0 atom stereocenters. The Bertz CT molecular complexity index is 470. The molecule has 0 aliphatic rings. The molecule has 2 rings (SSSR count). The van der Waals surface area contributed by atoms with Crippen molar-refractivity contribution < 1.29 is 9.84 Å². The van der Waals surface area contributed by atoms with E-state index in [-0.39, 0.29) is 6.61 Å². The van der Waals surface area contributed by atoms with Gasteiger partial charge in [-0.05, 0) is 0 Å². The standard InChI is InChI=1S/C9H13N5O2/c10-8-7-9(12-5-11-8)14(6-13-7)1-3-16-4-2-15/h5-6,15H,1-4H2,(H2,10,11,12). The van der Waals surface area contributed by atoms with Gasteiger partial charge in [-0.3, -0.25) is 0 Å². The van der Waals surface area contributed by atoms with Crippen molar-refractivity contribution in [1.82, 2.24) is 19.5 Å². The molecule has 0 saturated heterocycles. The number of imidazole rings is 1. The summed E-state index contributed by atoms with van der Waals surface area (Å²) in [6.45, 7) is 1.48. The Kier molecular flexibility index (Phi) is 3.28. The van der Waals surface area contributed by atoms with Crippen LogP contribution in [0.4, 0.5) is 5.82 Å². The molecule has 0 amide bonds. The summed E-state index contributed by atoms with van der Waals surface area (Å²) in [7, 11) is 0. The fourth-order valence-corrected chi connectivity index (χ4v) is 1.39. The van der Waals surface area contributed by atoms with Crippen LogP contribution in [-0.4, -0.2) is 44.4 Å². The van der Waals surface area contributed by atoms with Crippen LogP contribution in [0.25, 0.3) is 11.2 Å². The van der Waals surface area contributed by atoms with Crippen molar-refractivity contribution in [1.29, 1.82) is 0 Å². The van der Waals surface area contributed by atoms with Gasteiger partial charge in [-0.25, -0.2) is 15.0 Å². The maximum atomic E-state index is 8.55. The highest BCUT2D eigenvalue weighted by atomic mass is 16.5. The van der Waals surface area contributed by atoms with Crippen molar-refractivity contribution in [3.05, 3.63) is 12.7 Å². The molecule has 2 aromatic rings. The van der Waals surface area contributed by atoms with Crippen LogP contribution in [0.15, 0.2) is 12.7 Å². The molecule has 16 heavy (non-hydrogen) atoms. The lowest BCUT2D eigenvalue weighted by molar-refractivity contribution is 0.0874. The smallest absolute Gasteiger partial charge is 0.165 e. The minimum atomic E-state index is 0.0276. The van der Waals surface area contributed by atoms with Crippen molar-refractivity contribution in [3.8, 4) is 0 Å². The molecular formula is C9H13N5O2. The number of aliphatic hydroxyl groups excluding tert-OH is 1. The van der Waals surface area contributed by atoms with E-state index in [0.29, 0.717) is 36.7 Å². The Hall–Kier alpha value is -1.73. The number of aromatic nitrogens is 4. The Labute approximate surface area is 91.9 Å². The van der Waals surface area contributed by atoms with Gasteiger partial charge >= 0.3 is 0 Å². The van der Waals surface area contributed by atoms with Crippen LogP contribution < -0.4 is 5.73 Å². The SMILES string of the molecule is Nc1ncnc2c1ncn2CCOCCO. The lowest BCUT2D eigenvalue weighted by Crippen LogP contribution is -2.08. The van der Waals surface area contributed by atoms with Crippen molar-refractivity contribution in [2.24, 2.45) is 0 Å². The average Bonchev–Trinajstić information content (AvgIpc) is 2.70. The van der Waals surface area contributed by atoms with E-state index in [2.05, 4.69) is 15.0 Å². The van der Waals surface area contributed by atoms with Gasteiger partial charge in [0.05, 0.1) is 26.1 Å². The summed E-state index contributed by atoms with van der Waals surface area (Å²) in [5, 5.41) is 8.55. The molecule has 7 nitrogen and oxygen atoms in total. The molecule has 0 saturated carbocycles. The van der Waals surface area contributed by atoms with Gasteiger partial charge in [-0.1, -0.05) is 0 Å². The molecule has 0 aliphatic heterocycles. The molecule has 7 heteroatoms. The maximum Gasteiger partial charge on any atom is 0.165 e. The number of fused-ring (bicyclic) bond motifs is 1. The molecule has 86 valence electrons. The number of nitrogens with two attached hydrogens (primary N) is 1. The van der Waals surface area contributed by atoms with E-state index in [9.17, 15) is 0 Å². The second-order valence-corrected chi connectivity index (χ2v) is 3.21. The van der Waals surface area contributed by atoms with Crippen LogP contribution >= 0.6 is 0 Å². The van der Waals surface area contributed by atoms with Gasteiger partial charge in [0, 0.05) is 6.54 Å². The summed E-state index contributed by atoms with van der Waals surface area (Å²) in [5.41, 5.74) is 6.95. The third-order valence-corrected chi connectivity index (χ3v) is 2.14. The number of rotatable bonds is 5. The molecule has 0 aromatic carbocycles. The second kappa shape index (κ2) is 4.86. The Morgan fingerprint density at radius 2 is 2.19 bits per heavy atom. The first-order chi connectivity index (χ1) is 7.83. The highest BCUT2D eigenvalue weighted by Gasteiger charge is 2.06. The maximum absolute atomic E-state index is 8.55. The van der Waals surface area contributed by atoms with Crippen LogP contribution in [0, 0.1) is 0 Å². The first-order valence-corrected chi connectivity index (χ1v) is 4.93. The first kappa shape index (κ1) is 10.8. The number of anilines is 1. The largest absolute Gasteiger partial charge is 0.394 e. The summed E-state index contributed by atoms with van der Waals surface area (Å²) in [6, 6.07) is 0. The fourth-order valence-electron chi connectivity index (χ4n) is 1.39. The minimum absolute atomic E-state index is 0.0276. The van der Waals surface area contributed by atoms with E-state index in [1.165, 1.54) is 6.33 Å². The van der Waals surface area contributed by atoms with Crippen LogP contribution in [-0.2, 0) is 11.3 Å². The molecule has 0 bridgehead atoms. The number of hydrogen-bond acceptors (Lipinski definition) is 6. The van der Waals surface area contributed by atoms with E-state index >= 15 is 0 Å². The van der Waals surface area contributed by atoms with Crippen molar-refractivity contribution in [2.45, 2.75) is 6.54 Å². The highest BCUT2D eigenvalue weighted by Crippen LogP contribution is 2.13. The van der Waals surface area contributed by atoms with Crippen LogP contribution in [0.1, 0.15) is 0 Å². The van der Waals surface area contributed by atoms with E-state index in [4.69, 9.17) is 15.6 Å². The molecule has 0 spiro atoms. The summed E-state index contributed by atoms with van der Waals surface area (Å²) >= 11 is 0. The number of aliphatic hydroxyl groups is 1. The number of nitrogens with zero attached hydrogens (tertiary/aromatic N) is 4. The van der Waals surface area contributed by atoms with E-state index in [1.807, 2.05) is 4.57 Å². The zero-order chi connectivity index (χ0) is 11.4. The molecular weight excluding hydrogens is 210 g/mol. The highest BCUT2D eigenvalue weighted by molar-refractivity contribution is 5.80. The second-order valence-electron chi connectivity index (χ2n) is 3.21. The van der Waals surface area contributed by atoms with Crippen LogP contribution in [0.3, 0.4) is 0 Å². The lowest BCUT2D eigenvalue weighted by Gasteiger charge is -2.04. The zero-order valence-electron chi connectivity index (χ0n) is 8.70.